The highest BCUT2D eigenvalue weighted by Crippen LogP contribution is 2.04. The maximum Gasteiger partial charge on any atom is 0.323 e. The van der Waals surface area contributed by atoms with Crippen molar-refractivity contribution in [1.82, 2.24) is 9.94 Å². The molecule has 1 aromatic carbocycles. The number of benzene rings is 1. The first kappa shape index (κ1) is 9.20. The molecule has 6 heteroatoms. The summed E-state index contributed by atoms with van der Waals surface area (Å²) in [5.41, 5.74) is -1.17. The second-order valence-corrected chi connectivity index (χ2v) is 2.78. The molecule has 2 rings (SSSR count). The van der Waals surface area contributed by atoms with E-state index in [0.29, 0.717) is 5.52 Å². The van der Waals surface area contributed by atoms with E-state index in [0.717, 1.165) is 4.85 Å². The summed E-state index contributed by atoms with van der Waals surface area (Å²) in [5, 5.41) is 2.31. The number of H-pyrrole nitrogens is 1. The minimum Gasteiger partial charge on any atom is -0.324 e. The molecule has 0 fully saturated rings. The van der Waals surface area contributed by atoms with Gasteiger partial charge in [0, 0.05) is 0 Å². The molecular formula is C9H6N2O4. The van der Waals surface area contributed by atoms with Gasteiger partial charge < -0.3 is 4.84 Å². The number of fused-ring (bicyclic) bond motifs is 1. The van der Waals surface area contributed by atoms with Crippen LogP contribution in [0.3, 0.4) is 0 Å². The number of para-hydroxylation sites is 1. The fourth-order valence-electron chi connectivity index (χ4n) is 1.29. The largest absolute Gasteiger partial charge is 0.324 e. The molecule has 0 atom stereocenters. The van der Waals surface area contributed by atoms with Crippen LogP contribution < -0.4 is 15.8 Å². The molecule has 1 aromatic heterocycles. The Hall–Kier alpha value is -2.37. The molecule has 15 heavy (non-hydrogen) atoms. The number of rotatable bonds is 2. The maximum atomic E-state index is 11.4. The number of nitrogens with zero attached hydrogens (tertiary/aromatic N) is 1. The lowest BCUT2D eigenvalue weighted by molar-refractivity contribution is -0.130. The second-order valence-electron chi connectivity index (χ2n) is 2.78. The van der Waals surface area contributed by atoms with Gasteiger partial charge in [-0.15, -0.1) is 4.85 Å². The van der Waals surface area contributed by atoms with Gasteiger partial charge in [-0.3, -0.25) is 14.4 Å². The van der Waals surface area contributed by atoms with Crippen LogP contribution in [0.25, 0.3) is 10.9 Å². The number of carbonyl (C=O) groups is 1. The van der Waals surface area contributed by atoms with Gasteiger partial charge in [0.15, 0.2) is 0 Å². The SMILES string of the molecule is O=COn1[nH]c(=O)c(=O)c2ccccc21. The number of hydrogen-bond donors (Lipinski definition) is 1. The molecule has 1 heterocycles. The van der Waals surface area contributed by atoms with E-state index in [1.54, 1.807) is 18.2 Å². The predicted molar refractivity (Wildman–Crippen MR) is 51.5 cm³/mol. The average Bonchev–Trinajstić information content (AvgIpc) is 2.26. The zero-order chi connectivity index (χ0) is 10.8. The van der Waals surface area contributed by atoms with Gasteiger partial charge in [0.25, 0.3) is 5.43 Å². The number of aromatic nitrogens is 2. The highest BCUT2D eigenvalue weighted by atomic mass is 16.7. The third-order valence-corrected chi connectivity index (χ3v) is 1.93. The minimum atomic E-state index is -0.837. The van der Waals surface area contributed by atoms with E-state index in [1.807, 2.05) is 0 Å². The summed E-state index contributed by atoms with van der Waals surface area (Å²) in [6.07, 6.45) is 0. The molecule has 6 nitrogen and oxygen atoms in total. The fourth-order valence-corrected chi connectivity index (χ4v) is 1.29. The molecule has 76 valence electrons. The number of aromatic amines is 1. The molecule has 0 aliphatic carbocycles. The molecule has 0 saturated carbocycles. The first-order chi connectivity index (χ1) is 7.24. The van der Waals surface area contributed by atoms with Crippen LogP contribution in [-0.4, -0.2) is 16.4 Å². The lowest BCUT2D eigenvalue weighted by atomic mass is 10.2. The van der Waals surface area contributed by atoms with E-state index in [1.165, 1.54) is 6.07 Å². The Labute approximate surface area is 82.6 Å². The summed E-state index contributed by atoms with van der Waals surface area (Å²) in [4.78, 5) is 38.0. The number of carbonyl (C=O) groups excluding carboxylic acids is 1. The normalized spacial score (nSPS) is 10.1. The van der Waals surface area contributed by atoms with Gasteiger partial charge in [-0.2, -0.15) is 0 Å². The molecule has 0 unspecified atom stereocenters. The van der Waals surface area contributed by atoms with Crippen LogP contribution in [0, 0.1) is 0 Å². The zero-order valence-electron chi connectivity index (χ0n) is 7.47. The molecule has 0 bridgehead atoms. The van der Waals surface area contributed by atoms with E-state index < -0.39 is 11.0 Å². The van der Waals surface area contributed by atoms with Gasteiger partial charge in [-0.25, -0.2) is 5.10 Å². The Kier molecular flexibility index (Phi) is 2.09. The Bertz CT molecular complexity index is 626. The average molecular weight is 206 g/mol. The quantitative estimate of drug-likeness (QED) is 0.519. The lowest BCUT2D eigenvalue weighted by Gasteiger charge is -2.04. The van der Waals surface area contributed by atoms with Crippen molar-refractivity contribution in [2.75, 3.05) is 0 Å². The van der Waals surface area contributed by atoms with Crippen LogP contribution in [0.4, 0.5) is 0 Å². The van der Waals surface area contributed by atoms with Crippen LogP contribution in [0.5, 0.6) is 0 Å². The van der Waals surface area contributed by atoms with Gasteiger partial charge in [0.2, 0.25) is 0 Å². The van der Waals surface area contributed by atoms with Gasteiger partial charge in [-0.1, -0.05) is 12.1 Å². The molecule has 2 aromatic rings. The highest BCUT2D eigenvalue weighted by Gasteiger charge is 2.06. The summed E-state index contributed by atoms with van der Waals surface area (Å²) in [6, 6.07) is 6.31. The summed E-state index contributed by atoms with van der Waals surface area (Å²) >= 11 is 0. The molecule has 0 aliphatic rings. The van der Waals surface area contributed by atoms with Crippen LogP contribution in [0.1, 0.15) is 0 Å². The first-order valence-electron chi connectivity index (χ1n) is 4.09. The summed E-state index contributed by atoms with van der Waals surface area (Å²) in [6.45, 7) is 0.160. The number of nitrogens with one attached hydrogen (secondary N) is 1. The van der Waals surface area contributed by atoms with E-state index in [2.05, 4.69) is 9.94 Å². The Morgan fingerprint density at radius 2 is 2.00 bits per heavy atom. The smallest absolute Gasteiger partial charge is 0.323 e. The number of hydrogen-bond acceptors (Lipinski definition) is 4. The highest BCUT2D eigenvalue weighted by molar-refractivity contribution is 5.77. The van der Waals surface area contributed by atoms with Gasteiger partial charge >= 0.3 is 12.0 Å². The van der Waals surface area contributed by atoms with Crippen molar-refractivity contribution < 1.29 is 9.63 Å². The molecular weight excluding hydrogens is 200 g/mol. The fraction of sp³-hybridized carbons (Fsp3) is 0. The maximum absolute atomic E-state index is 11.4. The van der Waals surface area contributed by atoms with Crippen molar-refractivity contribution >= 4 is 17.4 Å². The molecule has 0 saturated heterocycles. The summed E-state index contributed by atoms with van der Waals surface area (Å²) in [7, 11) is 0. The van der Waals surface area contributed by atoms with Crippen LogP contribution >= 0.6 is 0 Å². The van der Waals surface area contributed by atoms with Gasteiger partial charge in [0.1, 0.15) is 5.52 Å². The van der Waals surface area contributed by atoms with Gasteiger partial charge in [-0.05, 0) is 12.1 Å². The van der Waals surface area contributed by atoms with Crippen LogP contribution in [0.15, 0.2) is 33.9 Å². The molecule has 1 N–H and O–H groups in total. The van der Waals surface area contributed by atoms with Crippen molar-refractivity contribution in [3.63, 3.8) is 0 Å². The Morgan fingerprint density at radius 3 is 2.73 bits per heavy atom. The standard InChI is InChI=1S/C9H6N2O4/c12-5-15-11-7-4-2-1-3-6(7)8(13)9(14)10-11/h1-5H,(H,10,14). The lowest BCUT2D eigenvalue weighted by Crippen LogP contribution is -2.33. The van der Waals surface area contributed by atoms with Crippen molar-refractivity contribution in [3.05, 3.63) is 44.8 Å². The third-order valence-electron chi connectivity index (χ3n) is 1.93. The second kappa shape index (κ2) is 3.41. The Balaban J connectivity index is 2.94. The molecule has 0 aliphatic heterocycles. The molecule has 0 spiro atoms. The Morgan fingerprint density at radius 1 is 1.27 bits per heavy atom. The zero-order valence-corrected chi connectivity index (χ0v) is 7.47. The summed E-state index contributed by atoms with van der Waals surface area (Å²) < 4.78 is 0. The van der Waals surface area contributed by atoms with E-state index in [-0.39, 0.29) is 11.9 Å². The van der Waals surface area contributed by atoms with Crippen LogP contribution in [0.2, 0.25) is 0 Å². The molecule has 0 radical (unpaired) electrons. The summed E-state index contributed by atoms with van der Waals surface area (Å²) in [5.74, 6) is 0. The van der Waals surface area contributed by atoms with Crippen molar-refractivity contribution in [3.8, 4) is 0 Å². The third kappa shape index (κ3) is 1.41. The topological polar surface area (TPSA) is 81.2 Å². The van der Waals surface area contributed by atoms with E-state index in [4.69, 9.17) is 0 Å². The van der Waals surface area contributed by atoms with Gasteiger partial charge in [0.05, 0.1) is 5.39 Å². The van der Waals surface area contributed by atoms with Crippen molar-refractivity contribution in [1.29, 1.82) is 0 Å². The van der Waals surface area contributed by atoms with E-state index in [9.17, 15) is 14.4 Å². The van der Waals surface area contributed by atoms with Crippen molar-refractivity contribution in [2.45, 2.75) is 0 Å². The predicted octanol–water partition coefficient (Wildman–Crippen LogP) is -0.725. The van der Waals surface area contributed by atoms with Crippen LogP contribution in [-0.2, 0) is 4.79 Å². The molecule has 0 amide bonds. The monoisotopic (exact) mass is 206 g/mol. The first-order valence-corrected chi connectivity index (χ1v) is 4.09. The minimum absolute atomic E-state index is 0.160. The van der Waals surface area contributed by atoms with E-state index >= 15 is 0 Å². The van der Waals surface area contributed by atoms with Crippen molar-refractivity contribution in [2.24, 2.45) is 0 Å².